The molecule has 0 aliphatic carbocycles. The van der Waals surface area contributed by atoms with Gasteiger partial charge in [-0.3, -0.25) is 4.79 Å². The summed E-state index contributed by atoms with van der Waals surface area (Å²) in [7, 11) is -3.75. The van der Waals surface area contributed by atoms with E-state index in [4.69, 9.17) is 9.84 Å². The Kier molecular flexibility index (Phi) is 8.10. The van der Waals surface area contributed by atoms with E-state index in [1.807, 2.05) is 62.5 Å². The van der Waals surface area contributed by atoms with E-state index < -0.39 is 10.0 Å². The van der Waals surface area contributed by atoms with E-state index in [0.717, 1.165) is 36.8 Å². The van der Waals surface area contributed by atoms with Crippen LogP contribution in [-0.2, 0) is 19.6 Å². The first kappa shape index (κ1) is 28.9. The lowest BCUT2D eigenvalue weighted by atomic mass is 10.00. The van der Waals surface area contributed by atoms with Crippen molar-refractivity contribution in [2.45, 2.75) is 50.7 Å². The highest BCUT2D eigenvalue weighted by molar-refractivity contribution is 8.18. The van der Waals surface area contributed by atoms with Gasteiger partial charge in [-0.05, 0) is 74.7 Å². The number of amidine groups is 1. The highest BCUT2D eigenvalue weighted by Gasteiger charge is 2.33. The number of rotatable bonds is 5. The molecule has 0 N–H and O–H groups in total. The summed E-state index contributed by atoms with van der Waals surface area (Å²) >= 11 is 1.39. The summed E-state index contributed by atoms with van der Waals surface area (Å²) in [5, 5.41) is 5.62. The van der Waals surface area contributed by atoms with Gasteiger partial charge < -0.3 is 9.64 Å². The van der Waals surface area contributed by atoms with Crippen LogP contribution in [0.3, 0.4) is 0 Å². The molecule has 0 saturated carbocycles. The number of likely N-dealkylation sites (tertiary alicyclic amines) is 1. The van der Waals surface area contributed by atoms with Gasteiger partial charge in [0.1, 0.15) is 5.69 Å². The number of carbonyl (C=O) groups excluding carboxylic acids is 1. The number of aliphatic imine (C=N–C) groups is 1. The van der Waals surface area contributed by atoms with E-state index in [1.165, 1.54) is 16.1 Å². The Bertz CT molecular complexity index is 1630. The number of benzene rings is 2. The quantitative estimate of drug-likeness (QED) is 0.376. The summed E-state index contributed by atoms with van der Waals surface area (Å²) in [5.74, 6) is 0.416. The standard InChI is InChI=1S/C31H35N5O4S2/c1-21-12-14-34(15-13-21)31-32-30(37)28(41-31)17-25-20-36(26-9-5-4-6-10-26)33-29(25)24-8-7-11-27(16-24)42(38,39)35-18-22(2)40-23(3)19-35/h4-11,16-17,20-23H,12-15,18-19H2,1-3H3. The predicted octanol–water partition coefficient (Wildman–Crippen LogP) is 5.04. The fourth-order valence-electron chi connectivity index (χ4n) is 5.58. The van der Waals surface area contributed by atoms with E-state index in [2.05, 4.69) is 16.8 Å². The molecule has 2 unspecified atom stereocenters. The fourth-order valence-corrected chi connectivity index (χ4v) is 8.18. The summed E-state index contributed by atoms with van der Waals surface area (Å²) in [6, 6.07) is 16.6. The summed E-state index contributed by atoms with van der Waals surface area (Å²) in [4.78, 5) is 20.3. The van der Waals surface area contributed by atoms with Crippen LogP contribution in [0.4, 0.5) is 0 Å². The van der Waals surface area contributed by atoms with Gasteiger partial charge in [-0.2, -0.15) is 14.4 Å². The molecular weight excluding hydrogens is 571 g/mol. The number of carbonyl (C=O) groups is 1. The first-order valence-corrected chi connectivity index (χ1v) is 16.6. The SMILES string of the molecule is CC1CCN(C2=NC(=O)C(=Cc3cn(-c4ccccc4)nc3-c3cccc(S(=O)(=O)N4CC(C)OC(C)C4)c3)S2)CC1. The summed E-state index contributed by atoms with van der Waals surface area (Å²) in [6.07, 6.45) is 5.50. The zero-order valence-corrected chi connectivity index (χ0v) is 25.6. The van der Waals surface area contributed by atoms with E-state index in [1.54, 1.807) is 22.9 Å². The van der Waals surface area contributed by atoms with Crippen LogP contribution in [0.2, 0.25) is 0 Å². The molecule has 2 fully saturated rings. The molecule has 4 heterocycles. The zero-order chi connectivity index (χ0) is 29.4. The largest absolute Gasteiger partial charge is 0.373 e. The molecule has 9 nitrogen and oxygen atoms in total. The van der Waals surface area contributed by atoms with Crippen LogP contribution in [0.15, 0.2) is 75.6 Å². The molecule has 3 aliphatic rings. The number of hydrogen-bond donors (Lipinski definition) is 0. The number of ether oxygens (including phenoxy) is 1. The predicted molar refractivity (Wildman–Crippen MR) is 166 cm³/mol. The lowest BCUT2D eigenvalue weighted by Crippen LogP contribution is -2.48. The number of para-hydroxylation sites is 1. The topological polar surface area (TPSA) is 97.1 Å². The number of morpholine rings is 1. The molecule has 2 aromatic carbocycles. The Morgan fingerprint density at radius 1 is 0.976 bits per heavy atom. The van der Waals surface area contributed by atoms with Crippen LogP contribution in [-0.4, -0.2) is 76.9 Å². The highest BCUT2D eigenvalue weighted by Crippen LogP contribution is 2.35. The van der Waals surface area contributed by atoms with E-state index in [9.17, 15) is 13.2 Å². The first-order valence-electron chi connectivity index (χ1n) is 14.4. The van der Waals surface area contributed by atoms with Crippen molar-refractivity contribution in [1.82, 2.24) is 19.0 Å². The summed E-state index contributed by atoms with van der Waals surface area (Å²) < 4.78 is 36.3. The summed E-state index contributed by atoms with van der Waals surface area (Å²) in [6.45, 7) is 8.41. The molecule has 0 bridgehead atoms. The van der Waals surface area contributed by atoms with Crippen LogP contribution in [0.25, 0.3) is 23.0 Å². The Morgan fingerprint density at radius 3 is 2.40 bits per heavy atom. The van der Waals surface area contributed by atoms with Gasteiger partial charge in [-0.25, -0.2) is 13.1 Å². The van der Waals surface area contributed by atoms with Crippen LogP contribution in [0.5, 0.6) is 0 Å². The van der Waals surface area contributed by atoms with Gasteiger partial charge >= 0.3 is 0 Å². The third-order valence-corrected chi connectivity index (χ3v) is 10.7. The number of amides is 1. The maximum absolute atomic E-state index is 13.7. The minimum absolute atomic E-state index is 0.187. The molecule has 1 amide bonds. The van der Waals surface area contributed by atoms with E-state index >= 15 is 0 Å². The molecule has 1 aromatic heterocycles. The van der Waals surface area contributed by atoms with Gasteiger partial charge in [-0.15, -0.1) is 0 Å². The molecule has 2 atom stereocenters. The maximum Gasteiger partial charge on any atom is 0.286 e. The van der Waals surface area contributed by atoms with Crippen molar-refractivity contribution in [1.29, 1.82) is 0 Å². The van der Waals surface area contributed by atoms with Crippen molar-refractivity contribution in [2.24, 2.45) is 10.9 Å². The van der Waals surface area contributed by atoms with Gasteiger partial charge in [0.05, 0.1) is 27.7 Å². The molecule has 0 spiro atoms. The Labute approximate surface area is 251 Å². The van der Waals surface area contributed by atoms with Crippen molar-refractivity contribution >= 4 is 38.9 Å². The van der Waals surface area contributed by atoms with Crippen molar-refractivity contribution in [3.8, 4) is 16.9 Å². The Morgan fingerprint density at radius 2 is 1.69 bits per heavy atom. The maximum atomic E-state index is 13.7. The third kappa shape index (κ3) is 5.96. The molecular formula is C31H35N5O4S2. The third-order valence-electron chi connectivity index (χ3n) is 7.84. The fraction of sp³-hybridized carbons (Fsp3) is 0.387. The number of thioether (sulfide) groups is 1. The van der Waals surface area contributed by atoms with Crippen LogP contribution < -0.4 is 0 Å². The molecule has 3 aliphatic heterocycles. The average Bonchev–Trinajstić information content (AvgIpc) is 3.57. The van der Waals surface area contributed by atoms with Crippen molar-refractivity contribution in [3.63, 3.8) is 0 Å². The van der Waals surface area contributed by atoms with Crippen molar-refractivity contribution < 1.29 is 17.9 Å². The Hall–Kier alpha value is -3.25. The van der Waals surface area contributed by atoms with Gasteiger partial charge in [0.25, 0.3) is 5.91 Å². The molecule has 2 saturated heterocycles. The molecule has 0 radical (unpaired) electrons. The second-order valence-corrected chi connectivity index (χ2v) is 14.2. The van der Waals surface area contributed by atoms with E-state index in [0.29, 0.717) is 40.7 Å². The second kappa shape index (κ2) is 11.8. The van der Waals surface area contributed by atoms with Crippen molar-refractivity contribution in [2.75, 3.05) is 26.2 Å². The highest BCUT2D eigenvalue weighted by atomic mass is 32.2. The number of aromatic nitrogens is 2. The van der Waals surface area contributed by atoms with Gasteiger partial charge in [0.15, 0.2) is 5.17 Å². The zero-order valence-electron chi connectivity index (χ0n) is 24.0. The number of piperidine rings is 1. The molecule has 42 heavy (non-hydrogen) atoms. The average molecular weight is 606 g/mol. The molecule has 3 aromatic rings. The van der Waals surface area contributed by atoms with Crippen molar-refractivity contribution in [3.05, 3.63) is 71.3 Å². The monoisotopic (exact) mass is 605 g/mol. The smallest absolute Gasteiger partial charge is 0.286 e. The minimum Gasteiger partial charge on any atom is -0.373 e. The van der Waals surface area contributed by atoms with Crippen LogP contribution >= 0.6 is 11.8 Å². The van der Waals surface area contributed by atoms with E-state index in [-0.39, 0.29) is 23.0 Å². The van der Waals surface area contributed by atoms with Gasteiger partial charge in [0.2, 0.25) is 10.0 Å². The number of sulfonamides is 1. The molecule has 11 heteroatoms. The van der Waals surface area contributed by atoms with Gasteiger partial charge in [0, 0.05) is 43.5 Å². The molecule has 6 rings (SSSR count). The summed E-state index contributed by atoms with van der Waals surface area (Å²) in [5.41, 5.74) is 2.80. The molecule has 220 valence electrons. The normalized spacial score (nSPS) is 23.5. The minimum atomic E-state index is -3.75. The van der Waals surface area contributed by atoms with Crippen LogP contribution in [0, 0.1) is 5.92 Å². The Balaban J connectivity index is 1.35. The first-order chi connectivity index (χ1) is 20.2. The van der Waals surface area contributed by atoms with Gasteiger partial charge in [-0.1, -0.05) is 37.3 Å². The lowest BCUT2D eigenvalue weighted by molar-refractivity contribution is -0.113. The number of hydrogen-bond acceptors (Lipinski definition) is 7. The number of nitrogens with zero attached hydrogens (tertiary/aromatic N) is 5. The van der Waals surface area contributed by atoms with Crippen LogP contribution in [0.1, 0.15) is 39.2 Å². The lowest BCUT2D eigenvalue weighted by Gasteiger charge is -2.34. The second-order valence-electron chi connectivity index (χ2n) is 11.3.